The average molecular weight is 283 g/mol. The van der Waals surface area contributed by atoms with E-state index >= 15 is 0 Å². The van der Waals surface area contributed by atoms with Gasteiger partial charge < -0.3 is 5.11 Å². The first-order valence-electron chi connectivity index (χ1n) is 7.06. The Morgan fingerprint density at radius 3 is 2.52 bits per heavy atom. The molecule has 4 heteroatoms. The van der Waals surface area contributed by atoms with E-state index in [0.29, 0.717) is 12.1 Å². The third kappa shape index (κ3) is 2.05. The van der Waals surface area contributed by atoms with Crippen LogP contribution in [0.5, 0.6) is 0 Å². The number of fused-ring (bicyclic) bond motifs is 1. The maximum atomic E-state index is 12.4. The van der Waals surface area contributed by atoms with E-state index in [4.69, 9.17) is 5.11 Å². The minimum absolute atomic E-state index is 0.0221. The molecular weight excluding hydrogens is 266 g/mol. The van der Waals surface area contributed by atoms with Gasteiger partial charge in [0.1, 0.15) is 0 Å². The van der Waals surface area contributed by atoms with Crippen molar-refractivity contribution in [1.82, 2.24) is 0 Å². The summed E-state index contributed by atoms with van der Waals surface area (Å²) in [6.07, 6.45) is 0.407. The highest BCUT2D eigenvalue weighted by Crippen LogP contribution is 2.63. The Hall–Kier alpha value is -2.12. The molecule has 0 spiro atoms. The molecule has 1 saturated heterocycles. The lowest BCUT2D eigenvalue weighted by atomic mass is 10.0. The molecule has 0 aromatic heterocycles. The lowest BCUT2D eigenvalue weighted by Gasteiger charge is -2.20. The first-order chi connectivity index (χ1) is 9.98. The van der Waals surface area contributed by atoms with E-state index in [2.05, 4.69) is 11.8 Å². The summed E-state index contributed by atoms with van der Waals surface area (Å²) in [5.74, 6) is 5.21. The van der Waals surface area contributed by atoms with Gasteiger partial charge in [-0.3, -0.25) is 9.59 Å². The van der Waals surface area contributed by atoms with Gasteiger partial charge in [0.2, 0.25) is 11.8 Å². The number of amides is 2. The summed E-state index contributed by atoms with van der Waals surface area (Å²) in [5, 5.41) is 8.72. The van der Waals surface area contributed by atoms with Gasteiger partial charge in [0.05, 0.1) is 24.1 Å². The van der Waals surface area contributed by atoms with E-state index in [9.17, 15) is 9.59 Å². The van der Waals surface area contributed by atoms with Crippen LogP contribution in [-0.4, -0.2) is 23.5 Å². The van der Waals surface area contributed by atoms with Crippen molar-refractivity contribution in [3.63, 3.8) is 0 Å². The van der Waals surface area contributed by atoms with Crippen LogP contribution in [0.1, 0.15) is 25.8 Å². The molecule has 1 aromatic rings. The van der Waals surface area contributed by atoms with Crippen molar-refractivity contribution in [2.75, 3.05) is 11.5 Å². The maximum absolute atomic E-state index is 12.4. The lowest BCUT2D eigenvalue weighted by Crippen LogP contribution is -2.36. The SMILES string of the molecule is CC1(C)C2C(=O)N(c3cccc(C#CCCO)c3)C(=O)C21. The van der Waals surface area contributed by atoms with Crippen LogP contribution in [0, 0.1) is 29.1 Å². The Labute approximate surface area is 123 Å². The molecule has 0 bridgehead atoms. The lowest BCUT2D eigenvalue weighted by molar-refractivity contribution is -0.125. The van der Waals surface area contributed by atoms with Crippen molar-refractivity contribution in [1.29, 1.82) is 0 Å². The third-order valence-corrected chi connectivity index (χ3v) is 4.37. The predicted octanol–water partition coefficient (Wildman–Crippen LogP) is 1.57. The van der Waals surface area contributed by atoms with E-state index in [1.54, 1.807) is 18.2 Å². The molecule has 108 valence electrons. The van der Waals surface area contributed by atoms with E-state index in [0.717, 1.165) is 5.56 Å². The normalized spacial score (nSPS) is 25.4. The van der Waals surface area contributed by atoms with Crippen LogP contribution in [0.15, 0.2) is 24.3 Å². The second-order valence-electron chi connectivity index (χ2n) is 6.11. The number of hydrogen-bond acceptors (Lipinski definition) is 3. The number of nitrogens with zero attached hydrogens (tertiary/aromatic N) is 1. The molecule has 2 aliphatic rings. The Bertz CT molecular complexity index is 657. The molecule has 2 atom stereocenters. The zero-order valence-electron chi connectivity index (χ0n) is 12.1. The number of aliphatic hydroxyl groups excluding tert-OH is 1. The standard InChI is InChI=1S/C17H17NO3/c1-17(2)13-14(17)16(21)18(15(13)20)12-8-5-7-11(10-12)6-3-4-9-19/h5,7-8,10,13-14,19H,4,9H2,1-2H3. The van der Waals surface area contributed by atoms with Gasteiger partial charge in [0.25, 0.3) is 0 Å². The van der Waals surface area contributed by atoms with E-state index in [1.807, 2.05) is 19.9 Å². The molecule has 2 unspecified atom stereocenters. The number of benzene rings is 1. The van der Waals surface area contributed by atoms with E-state index < -0.39 is 0 Å². The summed E-state index contributed by atoms with van der Waals surface area (Å²) in [6.45, 7) is 3.95. The van der Waals surface area contributed by atoms with Crippen LogP contribution in [0.3, 0.4) is 0 Å². The van der Waals surface area contributed by atoms with Crippen LogP contribution in [-0.2, 0) is 9.59 Å². The summed E-state index contributed by atoms with van der Waals surface area (Å²) < 4.78 is 0. The van der Waals surface area contributed by atoms with Crippen molar-refractivity contribution >= 4 is 17.5 Å². The predicted molar refractivity (Wildman–Crippen MR) is 78.3 cm³/mol. The van der Waals surface area contributed by atoms with E-state index in [-0.39, 0.29) is 35.7 Å². The van der Waals surface area contributed by atoms with Crippen LogP contribution in [0.25, 0.3) is 0 Å². The molecule has 1 aliphatic heterocycles. The number of rotatable bonds is 2. The number of carbonyl (C=O) groups is 2. The van der Waals surface area contributed by atoms with Crippen LogP contribution in [0.4, 0.5) is 5.69 Å². The Morgan fingerprint density at radius 2 is 1.90 bits per heavy atom. The Kier molecular flexibility index (Phi) is 3.11. The molecular formula is C17H17NO3. The van der Waals surface area contributed by atoms with Crippen LogP contribution < -0.4 is 4.90 Å². The minimum Gasteiger partial charge on any atom is -0.395 e. The maximum Gasteiger partial charge on any atom is 0.238 e. The van der Waals surface area contributed by atoms with Gasteiger partial charge in [-0.05, 0) is 23.6 Å². The van der Waals surface area contributed by atoms with Gasteiger partial charge in [-0.15, -0.1) is 0 Å². The third-order valence-electron chi connectivity index (χ3n) is 4.37. The molecule has 0 radical (unpaired) electrons. The highest BCUT2D eigenvalue weighted by molar-refractivity contribution is 6.25. The Morgan fingerprint density at radius 1 is 1.24 bits per heavy atom. The van der Waals surface area contributed by atoms with Crippen molar-refractivity contribution in [2.45, 2.75) is 20.3 Å². The number of anilines is 1. The quantitative estimate of drug-likeness (QED) is 0.662. The molecule has 2 fully saturated rings. The molecule has 1 N–H and O–H groups in total. The molecule has 4 nitrogen and oxygen atoms in total. The largest absolute Gasteiger partial charge is 0.395 e. The second-order valence-corrected chi connectivity index (χ2v) is 6.11. The van der Waals surface area contributed by atoms with Gasteiger partial charge in [-0.2, -0.15) is 0 Å². The number of carbonyl (C=O) groups excluding carboxylic acids is 2. The molecule has 1 aliphatic carbocycles. The molecule has 1 saturated carbocycles. The number of piperidine rings is 1. The van der Waals surface area contributed by atoms with Gasteiger partial charge in [-0.25, -0.2) is 4.90 Å². The molecule has 21 heavy (non-hydrogen) atoms. The van der Waals surface area contributed by atoms with E-state index in [1.165, 1.54) is 4.90 Å². The van der Waals surface area contributed by atoms with Gasteiger partial charge in [-0.1, -0.05) is 31.8 Å². The molecule has 2 amide bonds. The first-order valence-corrected chi connectivity index (χ1v) is 7.06. The number of aliphatic hydroxyl groups is 1. The monoisotopic (exact) mass is 283 g/mol. The summed E-state index contributed by atoms with van der Waals surface area (Å²) in [4.78, 5) is 26.1. The zero-order chi connectivity index (χ0) is 15.2. The van der Waals surface area contributed by atoms with Crippen molar-refractivity contribution in [3.05, 3.63) is 29.8 Å². The van der Waals surface area contributed by atoms with Gasteiger partial charge in [0.15, 0.2) is 0 Å². The molecule has 1 heterocycles. The minimum atomic E-state index is -0.191. The molecule has 3 rings (SSSR count). The number of hydrogen-bond donors (Lipinski definition) is 1. The van der Waals surface area contributed by atoms with Crippen molar-refractivity contribution in [3.8, 4) is 11.8 Å². The zero-order valence-corrected chi connectivity index (χ0v) is 12.1. The fourth-order valence-electron chi connectivity index (χ4n) is 3.14. The smallest absolute Gasteiger partial charge is 0.238 e. The highest BCUT2D eigenvalue weighted by atomic mass is 16.3. The summed E-state index contributed by atoms with van der Waals surface area (Å²) >= 11 is 0. The van der Waals surface area contributed by atoms with Gasteiger partial charge in [0, 0.05) is 12.0 Å². The summed E-state index contributed by atoms with van der Waals surface area (Å²) in [7, 11) is 0. The average Bonchev–Trinajstić information content (AvgIpc) is 2.90. The van der Waals surface area contributed by atoms with Gasteiger partial charge >= 0.3 is 0 Å². The Balaban J connectivity index is 1.86. The molecule has 1 aromatic carbocycles. The summed E-state index contributed by atoms with van der Waals surface area (Å²) in [5.41, 5.74) is 1.13. The highest BCUT2D eigenvalue weighted by Gasteiger charge is 2.72. The summed E-state index contributed by atoms with van der Waals surface area (Å²) in [6, 6.07) is 7.11. The van der Waals surface area contributed by atoms with Crippen molar-refractivity contribution < 1.29 is 14.7 Å². The van der Waals surface area contributed by atoms with Crippen molar-refractivity contribution in [2.24, 2.45) is 17.3 Å². The van der Waals surface area contributed by atoms with Crippen LogP contribution >= 0.6 is 0 Å². The van der Waals surface area contributed by atoms with Crippen LogP contribution in [0.2, 0.25) is 0 Å². The number of imide groups is 1. The second kappa shape index (κ2) is 4.71. The fraction of sp³-hybridized carbons (Fsp3) is 0.412. The first kappa shape index (κ1) is 13.8. The fourth-order valence-corrected chi connectivity index (χ4v) is 3.14. The topological polar surface area (TPSA) is 57.6 Å².